The van der Waals surface area contributed by atoms with E-state index in [0.29, 0.717) is 5.92 Å². The molecule has 3 N–H and O–H groups in total. The lowest BCUT2D eigenvalue weighted by molar-refractivity contribution is 0.230. The summed E-state index contributed by atoms with van der Waals surface area (Å²) in [5.41, 5.74) is 5.58. The Morgan fingerprint density at radius 1 is 1.11 bits per heavy atom. The lowest BCUT2D eigenvalue weighted by Gasteiger charge is -2.32. The highest BCUT2D eigenvalue weighted by atomic mass is 16.3. The van der Waals surface area contributed by atoms with Crippen LogP contribution in [0.1, 0.15) is 61.3 Å². The Morgan fingerprint density at radius 3 is 2.17 bits per heavy atom. The van der Waals surface area contributed by atoms with Crippen LogP contribution in [-0.2, 0) is 0 Å². The Hall–Kier alpha value is -0.800. The molecule has 1 fully saturated rings. The van der Waals surface area contributed by atoms with E-state index in [0.717, 1.165) is 17.4 Å². The maximum atomic E-state index is 5.83. The van der Waals surface area contributed by atoms with Crippen LogP contribution in [0.5, 0.6) is 0 Å². The van der Waals surface area contributed by atoms with Crippen molar-refractivity contribution in [2.45, 2.75) is 59.4 Å². The first-order chi connectivity index (χ1) is 8.54. The predicted molar refractivity (Wildman–Crippen MR) is 74.1 cm³/mol. The summed E-state index contributed by atoms with van der Waals surface area (Å²) in [6, 6.07) is 0.245. The molecule has 0 aromatic carbocycles. The number of nitrogens with two attached hydrogens (primary N) is 1. The van der Waals surface area contributed by atoms with Gasteiger partial charge in [-0.15, -0.1) is 0 Å². The molecule has 0 bridgehead atoms. The molecule has 1 heterocycles. The van der Waals surface area contributed by atoms with Crippen LogP contribution in [0.3, 0.4) is 0 Å². The minimum absolute atomic E-state index is 0.245. The summed E-state index contributed by atoms with van der Waals surface area (Å²) in [7, 11) is 0. The SMILES string of the molecule is Cc1oc(C)c(C(NN)C2CCC(C)CC2)c1C. The molecule has 1 unspecified atom stereocenters. The Morgan fingerprint density at radius 2 is 1.72 bits per heavy atom. The predicted octanol–water partition coefficient (Wildman–Crippen LogP) is 3.54. The second-order valence-corrected chi connectivity index (χ2v) is 5.92. The maximum absolute atomic E-state index is 5.83. The minimum Gasteiger partial charge on any atom is -0.466 e. The van der Waals surface area contributed by atoms with E-state index in [4.69, 9.17) is 10.3 Å². The van der Waals surface area contributed by atoms with Crippen molar-refractivity contribution in [2.75, 3.05) is 0 Å². The standard InChI is InChI=1S/C15H26N2O/c1-9-5-7-13(8-6-9)15(17-16)14-10(2)11(3)18-12(14)4/h9,13,15,17H,5-8,16H2,1-4H3. The molecule has 0 aliphatic heterocycles. The van der Waals surface area contributed by atoms with Gasteiger partial charge in [0.1, 0.15) is 11.5 Å². The molecule has 1 aliphatic rings. The number of nitrogens with one attached hydrogen (secondary N) is 1. The zero-order valence-corrected chi connectivity index (χ0v) is 12.0. The molecule has 0 spiro atoms. The van der Waals surface area contributed by atoms with Crippen LogP contribution in [0.2, 0.25) is 0 Å². The van der Waals surface area contributed by atoms with Gasteiger partial charge in [-0.2, -0.15) is 0 Å². The van der Waals surface area contributed by atoms with E-state index in [9.17, 15) is 0 Å². The summed E-state index contributed by atoms with van der Waals surface area (Å²) in [5.74, 6) is 9.37. The smallest absolute Gasteiger partial charge is 0.106 e. The normalized spacial score (nSPS) is 26.3. The second kappa shape index (κ2) is 5.45. The molecule has 1 aromatic heterocycles. The molecule has 1 aromatic rings. The number of hydrazine groups is 1. The highest BCUT2D eigenvalue weighted by Crippen LogP contribution is 2.39. The molecular weight excluding hydrogens is 224 g/mol. The molecular formula is C15H26N2O. The van der Waals surface area contributed by atoms with Gasteiger partial charge >= 0.3 is 0 Å². The van der Waals surface area contributed by atoms with E-state index in [1.165, 1.54) is 36.8 Å². The van der Waals surface area contributed by atoms with Gasteiger partial charge in [0.25, 0.3) is 0 Å². The molecule has 1 aliphatic carbocycles. The molecule has 0 amide bonds. The van der Waals surface area contributed by atoms with Crippen molar-refractivity contribution in [1.82, 2.24) is 5.43 Å². The molecule has 1 saturated carbocycles. The molecule has 0 radical (unpaired) electrons. The summed E-state index contributed by atoms with van der Waals surface area (Å²) >= 11 is 0. The van der Waals surface area contributed by atoms with Gasteiger partial charge in [-0.1, -0.05) is 19.8 Å². The van der Waals surface area contributed by atoms with Gasteiger partial charge in [-0.3, -0.25) is 11.3 Å². The lowest BCUT2D eigenvalue weighted by atomic mass is 9.77. The maximum Gasteiger partial charge on any atom is 0.106 e. The van der Waals surface area contributed by atoms with Crippen LogP contribution in [0.4, 0.5) is 0 Å². The van der Waals surface area contributed by atoms with Crippen LogP contribution >= 0.6 is 0 Å². The van der Waals surface area contributed by atoms with Gasteiger partial charge in [0.05, 0.1) is 6.04 Å². The van der Waals surface area contributed by atoms with Gasteiger partial charge in [0.15, 0.2) is 0 Å². The van der Waals surface area contributed by atoms with Gasteiger partial charge in [0.2, 0.25) is 0 Å². The monoisotopic (exact) mass is 250 g/mol. The fraction of sp³-hybridized carbons (Fsp3) is 0.733. The summed E-state index contributed by atoms with van der Waals surface area (Å²) in [6.45, 7) is 8.56. The lowest BCUT2D eigenvalue weighted by Crippen LogP contribution is -2.35. The zero-order valence-electron chi connectivity index (χ0n) is 12.0. The third-order valence-corrected chi connectivity index (χ3v) is 4.64. The first-order valence-corrected chi connectivity index (χ1v) is 7.07. The number of furan rings is 1. The van der Waals surface area contributed by atoms with E-state index in [-0.39, 0.29) is 6.04 Å². The zero-order chi connectivity index (χ0) is 13.3. The fourth-order valence-electron chi connectivity index (χ4n) is 3.34. The van der Waals surface area contributed by atoms with Crippen LogP contribution < -0.4 is 11.3 Å². The fourth-order valence-corrected chi connectivity index (χ4v) is 3.34. The number of hydrogen-bond donors (Lipinski definition) is 2. The summed E-state index contributed by atoms with van der Waals surface area (Å²) < 4.78 is 5.74. The molecule has 1 atom stereocenters. The third-order valence-electron chi connectivity index (χ3n) is 4.64. The molecule has 102 valence electrons. The van der Waals surface area contributed by atoms with Crippen LogP contribution in [0, 0.1) is 32.6 Å². The van der Waals surface area contributed by atoms with E-state index >= 15 is 0 Å². The summed E-state index contributed by atoms with van der Waals surface area (Å²) in [4.78, 5) is 0. The largest absolute Gasteiger partial charge is 0.466 e. The van der Waals surface area contributed by atoms with Gasteiger partial charge in [0, 0.05) is 5.56 Å². The molecule has 2 rings (SSSR count). The van der Waals surface area contributed by atoms with E-state index < -0.39 is 0 Å². The van der Waals surface area contributed by atoms with Crippen molar-refractivity contribution in [1.29, 1.82) is 0 Å². The quantitative estimate of drug-likeness (QED) is 0.637. The minimum atomic E-state index is 0.245. The Labute approximate surface area is 110 Å². The van der Waals surface area contributed by atoms with Crippen LogP contribution in [-0.4, -0.2) is 0 Å². The summed E-state index contributed by atoms with van der Waals surface area (Å²) in [6.07, 6.45) is 5.16. The molecule has 0 saturated heterocycles. The van der Waals surface area contributed by atoms with Crippen molar-refractivity contribution in [3.63, 3.8) is 0 Å². The van der Waals surface area contributed by atoms with Crippen LogP contribution in [0.25, 0.3) is 0 Å². The highest BCUT2D eigenvalue weighted by Gasteiger charge is 2.30. The van der Waals surface area contributed by atoms with Gasteiger partial charge in [-0.05, 0) is 51.0 Å². The number of hydrogen-bond acceptors (Lipinski definition) is 3. The van der Waals surface area contributed by atoms with Gasteiger partial charge < -0.3 is 4.42 Å². The van der Waals surface area contributed by atoms with Crippen molar-refractivity contribution < 1.29 is 4.42 Å². The molecule has 18 heavy (non-hydrogen) atoms. The first kappa shape index (κ1) is 13.6. The van der Waals surface area contributed by atoms with Crippen molar-refractivity contribution in [3.8, 4) is 0 Å². The van der Waals surface area contributed by atoms with Crippen molar-refractivity contribution in [3.05, 3.63) is 22.6 Å². The number of aryl methyl sites for hydroxylation is 2. The Bertz CT molecular complexity index is 403. The third kappa shape index (κ3) is 2.47. The van der Waals surface area contributed by atoms with E-state index in [1.54, 1.807) is 0 Å². The number of rotatable bonds is 3. The Balaban J connectivity index is 2.22. The average molecular weight is 250 g/mol. The van der Waals surface area contributed by atoms with Crippen LogP contribution in [0.15, 0.2) is 4.42 Å². The molecule has 3 nitrogen and oxygen atoms in total. The van der Waals surface area contributed by atoms with Gasteiger partial charge in [-0.25, -0.2) is 0 Å². The highest BCUT2D eigenvalue weighted by molar-refractivity contribution is 5.34. The second-order valence-electron chi connectivity index (χ2n) is 5.92. The van der Waals surface area contributed by atoms with E-state index in [1.807, 2.05) is 13.8 Å². The summed E-state index contributed by atoms with van der Waals surface area (Å²) in [5, 5.41) is 0. The topological polar surface area (TPSA) is 51.2 Å². The Kier molecular flexibility index (Phi) is 4.13. The van der Waals surface area contributed by atoms with Crippen molar-refractivity contribution >= 4 is 0 Å². The van der Waals surface area contributed by atoms with Crippen molar-refractivity contribution in [2.24, 2.45) is 17.7 Å². The van der Waals surface area contributed by atoms with E-state index in [2.05, 4.69) is 19.3 Å². The average Bonchev–Trinajstić information content (AvgIpc) is 2.59. The molecule has 3 heteroatoms. The first-order valence-electron chi connectivity index (χ1n) is 7.07.